The molecule has 6 heteroatoms. The average molecular weight is 284 g/mol. The third-order valence-corrected chi connectivity index (χ3v) is 2.57. The van der Waals surface area contributed by atoms with Crippen LogP contribution in [-0.2, 0) is 9.53 Å². The van der Waals surface area contributed by atoms with Crippen molar-refractivity contribution < 1.29 is 19.4 Å². The number of carboxylic acids is 1. The van der Waals surface area contributed by atoms with Crippen LogP contribution in [0.3, 0.4) is 0 Å². The number of aromatic amines is 1. The van der Waals surface area contributed by atoms with Crippen LogP contribution in [0.25, 0.3) is 11.3 Å². The average Bonchev–Trinajstić information content (AvgIpc) is 2.96. The van der Waals surface area contributed by atoms with Crippen molar-refractivity contribution >= 4 is 11.9 Å². The fraction of sp³-hybridized carbons (Fsp3) is 0.133. The number of esters is 1. The summed E-state index contributed by atoms with van der Waals surface area (Å²) in [5.41, 5.74) is 1.95. The monoisotopic (exact) mass is 284 g/mol. The first kappa shape index (κ1) is 14.3. The predicted molar refractivity (Wildman–Crippen MR) is 74.5 cm³/mol. The van der Waals surface area contributed by atoms with Gasteiger partial charge in [-0.2, -0.15) is 5.10 Å². The molecule has 0 aliphatic rings. The molecule has 0 saturated carbocycles. The maximum absolute atomic E-state index is 11.1. The van der Waals surface area contributed by atoms with E-state index < -0.39 is 11.9 Å². The number of benzene rings is 1. The van der Waals surface area contributed by atoms with Crippen LogP contribution in [0.1, 0.15) is 23.0 Å². The minimum Gasteiger partial charge on any atom is -0.477 e. The number of hydrogen-bond acceptors (Lipinski definition) is 4. The van der Waals surface area contributed by atoms with E-state index in [9.17, 15) is 9.59 Å². The van der Waals surface area contributed by atoms with Crippen LogP contribution in [-0.4, -0.2) is 33.8 Å². The summed E-state index contributed by atoms with van der Waals surface area (Å²) in [6, 6.07) is 8.38. The molecule has 0 spiro atoms. The Morgan fingerprint density at radius 3 is 2.62 bits per heavy atom. The molecule has 0 saturated heterocycles. The standard InChI is InChI=1S/C15H12N2O4/c1-2-21-14(18)8-5-10-3-6-11(7-4-10)12-9-13(15(19)20)17-16-12/h3-4,6-7,9H,2H2,1H3,(H,16,17)(H,19,20). The van der Waals surface area contributed by atoms with Crippen molar-refractivity contribution in [3.63, 3.8) is 0 Å². The van der Waals surface area contributed by atoms with Gasteiger partial charge >= 0.3 is 11.9 Å². The predicted octanol–water partition coefficient (Wildman–Crippen LogP) is 1.69. The summed E-state index contributed by atoms with van der Waals surface area (Å²) in [5, 5.41) is 15.2. The third-order valence-electron chi connectivity index (χ3n) is 2.57. The summed E-state index contributed by atoms with van der Waals surface area (Å²) >= 11 is 0. The normalized spacial score (nSPS) is 9.57. The number of carbonyl (C=O) groups is 2. The van der Waals surface area contributed by atoms with E-state index in [1.165, 1.54) is 6.07 Å². The zero-order chi connectivity index (χ0) is 15.2. The lowest BCUT2D eigenvalue weighted by molar-refractivity contribution is -0.136. The Morgan fingerprint density at radius 2 is 2.05 bits per heavy atom. The number of ether oxygens (including phenoxy) is 1. The number of nitrogens with one attached hydrogen (secondary N) is 1. The molecule has 1 aromatic carbocycles. The first-order chi connectivity index (χ1) is 10.1. The third kappa shape index (κ3) is 3.70. The minimum atomic E-state index is -1.06. The highest BCUT2D eigenvalue weighted by Crippen LogP contribution is 2.18. The zero-order valence-electron chi connectivity index (χ0n) is 11.2. The largest absolute Gasteiger partial charge is 0.477 e. The molecule has 0 bridgehead atoms. The Morgan fingerprint density at radius 1 is 1.33 bits per heavy atom. The summed E-state index contributed by atoms with van der Waals surface area (Å²) in [6.07, 6.45) is 0. The molecular formula is C15H12N2O4. The van der Waals surface area contributed by atoms with Crippen LogP contribution in [0.4, 0.5) is 0 Å². The lowest BCUT2D eigenvalue weighted by Crippen LogP contribution is -1.99. The highest BCUT2D eigenvalue weighted by Gasteiger charge is 2.08. The smallest absolute Gasteiger partial charge is 0.384 e. The van der Waals surface area contributed by atoms with Gasteiger partial charge in [0.05, 0.1) is 12.3 Å². The van der Waals surface area contributed by atoms with E-state index in [-0.39, 0.29) is 12.3 Å². The second-order valence-corrected chi connectivity index (χ2v) is 4.02. The Hall–Kier alpha value is -3.07. The van der Waals surface area contributed by atoms with Gasteiger partial charge in [0, 0.05) is 17.0 Å². The maximum Gasteiger partial charge on any atom is 0.384 e. The minimum absolute atomic E-state index is 0.0242. The topological polar surface area (TPSA) is 92.3 Å². The van der Waals surface area contributed by atoms with E-state index in [0.29, 0.717) is 11.3 Å². The van der Waals surface area contributed by atoms with Gasteiger partial charge in [0.1, 0.15) is 5.69 Å². The molecule has 1 heterocycles. The summed E-state index contributed by atoms with van der Waals surface area (Å²) in [6.45, 7) is 2.00. The highest BCUT2D eigenvalue weighted by molar-refractivity contribution is 5.89. The van der Waals surface area contributed by atoms with Crippen LogP contribution in [0, 0.1) is 11.8 Å². The van der Waals surface area contributed by atoms with Crippen LogP contribution >= 0.6 is 0 Å². The lowest BCUT2D eigenvalue weighted by Gasteiger charge is -1.96. The molecule has 0 unspecified atom stereocenters. The summed E-state index contributed by atoms with van der Waals surface area (Å²) in [7, 11) is 0. The van der Waals surface area contributed by atoms with Gasteiger partial charge in [-0.25, -0.2) is 9.59 Å². The summed E-state index contributed by atoms with van der Waals surface area (Å²) in [5.74, 6) is 3.42. The molecule has 2 N–H and O–H groups in total. The number of nitrogens with zero attached hydrogens (tertiary/aromatic N) is 1. The molecule has 0 aliphatic heterocycles. The quantitative estimate of drug-likeness (QED) is 0.661. The fourth-order valence-electron chi connectivity index (χ4n) is 1.59. The Balaban J connectivity index is 2.14. The van der Waals surface area contributed by atoms with E-state index >= 15 is 0 Å². The number of aromatic nitrogens is 2. The summed E-state index contributed by atoms with van der Waals surface area (Å²) < 4.78 is 4.70. The van der Waals surface area contributed by atoms with Crippen molar-refractivity contribution in [2.24, 2.45) is 0 Å². The van der Waals surface area contributed by atoms with E-state index in [1.807, 2.05) is 0 Å². The van der Waals surface area contributed by atoms with Gasteiger partial charge in [0.15, 0.2) is 0 Å². The molecule has 0 aliphatic carbocycles. The fourth-order valence-corrected chi connectivity index (χ4v) is 1.59. The van der Waals surface area contributed by atoms with Crippen LogP contribution in [0.15, 0.2) is 30.3 Å². The first-order valence-electron chi connectivity index (χ1n) is 6.18. The molecule has 2 rings (SSSR count). The number of hydrogen-bond donors (Lipinski definition) is 2. The van der Waals surface area contributed by atoms with Crippen molar-refractivity contribution in [1.29, 1.82) is 0 Å². The number of carbonyl (C=O) groups excluding carboxylic acids is 1. The van der Waals surface area contributed by atoms with Crippen molar-refractivity contribution in [1.82, 2.24) is 10.2 Å². The molecule has 0 amide bonds. The highest BCUT2D eigenvalue weighted by atomic mass is 16.5. The molecule has 0 radical (unpaired) electrons. The van der Waals surface area contributed by atoms with Gasteiger partial charge in [0.25, 0.3) is 0 Å². The second kappa shape index (κ2) is 6.39. The van der Waals surface area contributed by atoms with Gasteiger partial charge < -0.3 is 9.84 Å². The number of carboxylic acid groups (broad SMARTS) is 1. The van der Waals surface area contributed by atoms with Crippen LogP contribution in [0.5, 0.6) is 0 Å². The maximum atomic E-state index is 11.1. The van der Waals surface area contributed by atoms with E-state index in [1.54, 1.807) is 31.2 Å². The van der Waals surface area contributed by atoms with E-state index in [4.69, 9.17) is 9.84 Å². The Bertz CT molecular complexity index is 720. The van der Waals surface area contributed by atoms with Gasteiger partial charge in [-0.3, -0.25) is 5.10 Å². The Labute approximate surface area is 120 Å². The van der Waals surface area contributed by atoms with Gasteiger partial charge in [0.2, 0.25) is 0 Å². The van der Waals surface area contributed by atoms with Crippen molar-refractivity contribution in [2.45, 2.75) is 6.92 Å². The first-order valence-corrected chi connectivity index (χ1v) is 6.18. The molecule has 6 nitrogen and oxygen atoms in total. The molecular weight excluding hydrogens is 272 g/mol. The molecule has 106 valence electrons. The van der Waals surface area contributed by atoms with E-state index in [2.05, 4.69) is 22.0 Å². The van der Waals surface area contributed by atoms with Gasteiger partial charge in [-0.15, -0.1) is 0 Å². The number of H-pyrrole nitrogens is 1. The van der Waals surface area contributed by atoms with Crippen LogP contribution in [0.2, 0.25) is 0 Å². The van der Waals surface area contributed by atoms with Crippen molar-refractivity contribution in [2.75, 3.05) is 6.61 Å². The SMILES string of the molecule is CCOC(=O)C#Cc1ccc(-c2cc(C(=O)O)[nH]n2)cc1. The van der Waals surface area contributed by atoms with Crippen molar-refractivity contribution in [3.8, 4) is 23.1 Å². The van der Waals surface area contributed by atoms with E-state index in [0.717, 1.165) is 5.56 Å². The number of aromatic carboxylic acids is 1. The zero-order valence-corrected chi connectivity index (χ0v) is 11.2. The lowest BCUT2D eigenvalue weighted by atomic mass is 10.1. The molecule has 2 aromatic rings. The molecule has 1 aromatic heterocycles. The molecule has 0 fully saturated rings. The second-order valence-electron chi connectivity index (χ2n) is 4.02. The molecule has 0 atom stereocenters. The van der Waals surface area contributed by atoms with Crippen LogP contribution < -0.4 is 0 Å². The van der Waals surface area contributed by atoms with Crippen molar-refractivity contribution in [3.05, 3.63) is 41.6 Å². The van der Waals surface area contributed by atoms with Gasteiger partial charge in [-0.05, 0) is 25.1 Å². The molecule has 21 heavy (non-hydrogen) atoms. The van der Waals surface area contributed by atoms with Gasteiger partial charge in [-0.1, -0.05) is 18.1 Å². The summed E-state index contributed by atoms with van der Waals surface area (Å²) in [4.78, 5) is 21.9. The number of rotatable bonds is 3. The Kier molecular flexibility index (Phi) is 4.36.